The van der Waals surface area contributed by atoms with Gasteiger partial charge in [0.2, 0.25) is 5.91 Å². The maximum Gasteiger partial charge on any atom is 0.446 e. The molecule has 0 atom stereocenters. The van der Waals surface area contributed by atoms with Gasteiger partial charge in [0, 0.05) is 40.5 Å². The molecule has 0 N–H and O–H groups in total. The second-order valence-electron chi connectivity index (χ2n) is 10.8. The molecule has 1 aromatic carbocycles. The summed E-state index contributed by atoms with van der Waals surface area (Å²) in [4.78, 5) is 36.4. The number of benzene rings is 1. The average Bonchev–Trinajstić information content (AvgIpc) is 3.48. The fourth-order valence-corrected chi connectivity index (χ4v) is 7.42. The van der Waals surface area contributed by atoms with Crippen LogP contribution >= 0.6 is 46.0 Å². The molecule has 222 valence electrons. The normalized spacial score (nSPS) is 14.9. The molecular weight excluding hydrogens is 615 g/mol. The van der Waals surface area contributed by atoms with Gasteiger partial charge >= 0.3 is 11.5 Å². The first-order valence-electron chi connectivity index (χ1n) is 13.2. The highest BCUT2D eigenvalue weighted by atomic mass is 35.5. The lowest BCUT2D eigenvalue weighted by atomic mass is 9.86. The van der Waals surface area contributed by atoms with Crippen LogP contribution in [-0.4, -0.2) is 51.9 Å². The van der Waals surface area contributed by atoms with Gasteiger partial charge in [0.25, 0.3) is 0 Å². The van der Waals surface area contributed by atoms with Crippen LogP contribution in [0.1, 0.15) is 66.9 Å². The van der Waals surface area contributed by atoms with Crippen LogP contribution in [0, 0.1) is 0 Å². The number of esters is 1. The lowest BCUT2D eigenvalue weighted by molar-refractivity contribution is -0.142. The Morgan fingerprint density at radius 1 is 1.12 bits per heavy atom. The fraction of sp³-hybridized carbons (Fsp3) is 0.500. The van der Waals surface area contributed by atoms with Gasteiger partial charge in [-0.05, 0) is 60.7 Å². The van der Waals surface area contributed by atoms with E-state index in [2.05, 4.69) is 4.98 Å². The maximum atomic E-state index is 13.2. The highest BCUT2D eigenvalue weighted by Crippen LogP contribution is 2.43. The van der Waals surface area contributed by atoms with Crippen LogP contribution in [0.25, 0.3) is 11.3 Å². The van der Waals surface area contributed by atoms with E-state index in [1.807, 2.05) is 31.7 Å². The monoisotopic (exact) mass is 645 g/mol. The molecule has 3 heterocycles. The molecule has 1 saturated heterocycles. The summed E-state index contributed by atoms with van der Waals surface area (Å²) >= 11 is 9.15. The Labute approximate surface area is 254 Å². The van der Waals surface area contributed by atoms with E-state index in [0.29, 0.717) is 53.1 Å². The number of aromatic nitrogens is 2. The standard InChI is InChI=1S/C28H31ClF3N3O3S3/c1-5-38-23(37)13-20-15-33-21(39-20)14-22(36)35-8-6-16(7-9-35)26-34-24(25(29)40-26)17-10-18(27(2,3)4)12-19(11-17)41-28(30,31)32/h10-12,15-16H,5-9,13-14H2,1-4H3. The van der Waals surface area contributed by atoms with Gasteiger partial charge in [-0.15, -0.1) is 22.7 Å². The first-order chi connectivity index (χ1) is 19.2. The van der Waals surface area contributed by atoms with Crippen molar-refractivity contribution in [2.24, 2.45) is 0 Å². The SMILES string of the molecule is CCOC(=O)Cc1cnc(CC(=O)N2CCC(c3nc(-c4cc(SC(F)(F)F)cc(C(C)(C)C)c4)c(Cl)s3)CC2)s1. The van der Waals surface area contributed by atoms with E-state index in [1.54, 1.807) is 19.2 Å². The number of halogens is 4. The second kappa shape index (κ2) is 13.0. The minimum atomic E-state index is -4.40. The van der Waals surface area contributed by atoms with E-state index in [0.717, 1.165) is 15.4 Å². The minimum absolute atomic E-state index is 0.0213. The zero-order valence-electron chi connectivity index (χ0n) is 23.1. The number of piperidine rings is 1. The van der Waals surface area contributed by atoms with Crippen molar-refractivity contribution in [3.8, 4) is 11.3 Å². The average molecular weight is 646 g/mol. The van der Waals surface area contributed by atoms with E-state index >= 15 is 0 Å². The molecule has 0 spiro atoms. The molecule has 0 saturated carbocycles. The fourth-order valence-electron chi connectivity index (χ4n) is 4.51. The van der Waals surface area contributed by atoms with E-state index in [4.69, 9.17) is 21.3 Å². The molecule has 0 radical (unpaired) electrons. The molecule has 3 aromatic rings. The molecule has 4 rings (SSSR count). The zero-order valence-corrected chi connectivity index (χ0v) is 26.3. The van der Waals surface area contributed by atoms with Crippen molar-refractivity contribution in [3.63, 3.8) is 0 Å². The Balaban J connectivity index is 1.41. The highest BCUT2D eigenvalue weighted by molar-refractivity contribution is 8.00. The Morgan fingerprint density at radius 3 is 2.46 bits per heavy atom. The van der Waals surface area contributed by atoms with Gasteiger partial charge in [-0.3, -0.25) is 9.59 Å². The maximum absolute atomic E-state index is 13.2. The number of carbonyl (C=O) groups excluding carboxylic acids is 2. The predicted octanol–water partition coefficient (Wildman–Crippen LogP) is 7.88. The van der Waals surface area contributed by atoms with Gasteiger partial charge < -0.3 is 9.64 Å². The van der Waals surface area contributed by atoms with Gasteiger partial charge in [0.15, 0.2) is 0 Å². The van der Waals surface area contributed by atoms with Crippen LogP contribution in [0.15, 0.2) is 29.3 Å². The van der Waals surface area contributed by atoms with E-state index in [9.17, 15) is 22.8 Å². The van der Waals surface area contributed by atoms with Crippen molar-refractivity contribution >= 4 is 57.9 Å². The molecule has 6 nitrogen and oxygen atoms in total. The number of likely N-dealkylation sites (tertiary alicyclic amines) is 1. The molecule has 41 heavy (non-hydrogen) atoms. The van der Waals surface area contributed by atoms with Gasteiger partial charge in [0.1, 0.15) is 15.0 Å². The van der Waals surface area contributed by atoms with Crippen molar-refractivity contribution < 1.29 is 27.5 Å². The van der Waals surface area contributed by atoms with Crippen LogP contribution < -0.4 is 0 Å². The summed E-state index contributed by atoms with van der Waals surface area (Å²) in [5.41, 5.74) is -2.94. The first kappa shape index (κ1) is 31.8. The summed E-state index contributed by atoms with van der Waals surface area (Å²) in [6.07, 6.45) is 3.35. The van der Waals surface area contributed by atoms with E-state index in [-0.39, 0.29) is 52.7 Å². The second-order valence-corrected chi connectivity index (χ2v) is 14.7. The lowest BCUT2D eigenvalue weighted by Gasteiger charge is -2.31. The molecule has 1 aliphatic rings. The van der Waals surface area contributed by atoms with Crippen molar-refractivity contribution in [1.29, 1.82) is 0 Å². The third-order valence-corrected chi connectivity index (χ3v) is 9.72. The number of carbonyl (C=O) groups is 2. The van der Waals surface area contributed by atoms with Crippen molar-refractivity contribution in [1.82, 2.24) is 14.9 Å². The number of rotatable bonds is 8. The summed E-state index contributed by atoms with van der Waals surface area (Å²) in [6.45, 7) is 9.05. The zero-order chi connectivity index (χ0) is 29.9. The van der Waals surface area contributed by atoms with Crippen molar-refractivity contribution in [3.05, 3.63) is 49.2 Å². The van der Waals surface area contributed by atoms with Gasteiger partial charge in [-0.2, -0.15) is 13.2 Å². The largest absolute Gasteiger partial charge is 0.466 e. The number of hydrogen-bond donors (Lipinski definition) is 0. The Bertz CT molecular complexity index is 1390. The molecule has 13 heteroatoms. The first-order valence-corrected chi connectivity index (χ1v) is 16.0. The van der Waals surface area contributed by atoms with Crippen LogP contribution in [0.3, 0.4) is 0 Å². The third kappa shape index (κ3) is 8.68. The summed E-state index contributed by atoms with van der Waals surface area (Å²) in [7, 11) is 0. The molecule has 2 aromatic heterocycles. The number of nitrogens with zero attached hydrogens (tertiary/aromatic N) is 3. The summed E-state index contributed by atoms with van der Waals surface area (Å²) in [5.74, 6) is -0.239. The number of ether oxygens (including phenoxy) is 1. The van der Waals surface area contributed by atoms with Crippen molar-refractivity contribution in [2.45, 2.75) is 75.1 Å². The number of alkyl halides is 3. The summed E-state index contributed by atoms with van der Waals surface area (Å²) in [5, 5.41) is 1.49. The molecule has 1 aliphatic heterocycles. The number of amides is 1. The van der Waals surface area contributed by atoms with Crippen molar-refractivity contribution in [2.75, 3.05) is 19.7 Å². The number of thioether (sulfide) groups is 1. The summed E-state index contributed by atoms with van der Waals surface area (Å²) < 4.78 is 45.0. The van der Waals surface area contributed by atoms with Crippen LogP contribution in [0.4, 0.5) is 13.2 Å². The molecule has 0 aliphatic carbocycles. The molecular formula is C28H31ClF3N3O3S3. The van der Waals surface area contributed by atoms with Gasteiger partial charge in [-0.25, -0.2) is 9.97 Å². The highest BCUT2D eigenvalue weighted by Gasteiger charge is 2.31. The lowest BCUT2D eigenvalue weighted by Crippen LogP contribution is -2.38. The topological polar surface area (TPSA) is 72.4 Å². The Morgan fingerprint density at radius 2 is 1.83 bits per heavy atom. The van der Waals surface area contributed by atoms with Crippen LogP contribution in [0.5, 0.6) is 0 Å². The van der Waals surface area contributed by atoms with Crippen LogP contribution in [-0.2, 0) is 32.6 Å². The van der Waals surface area contributed by atoms with E-state index in [1.165, 1.54) is 28.7 Å². The van der Waals surface area contributed by atoms with Gasteiger partial charge in [0.05, 0.1) is 24.5 Å². The number of thiazole rings is 2. The van der Waals surface area contributed by atoms with E-state index < -0.39 is 5.51 Å². The number of hydrogen-bond acceptors (Lipinski definition) is 8. The van der Waals surface area contributed by atoms with Crippen LogP contribution in [0.2, 0.25) is 4.34 Å². The molecule has 0 unspecified atom stereocenters. The summed E-state index contributed by atoms with van der Waals surface area (Å²) in [6, 6.07) is 4.93. The molecule has 0 bridgehead atoms. The van der Waals surface area contributed by atoms with Gasteiger partial charge in [-0.1, -0.05) is 32.4 Å². The molecule has 1 fully saturated rings. The Hall–Kier alpha value is -2.15. The smallest absolute Gasteiger partial charge is 0.446 e. The minimum Gasteiger partial charge on any atom is -0.466 e. The third-order valence-electron chi connectivity index (χ3n) is 6.61. The quantitative estimate of drug-likeness (QED) is 0.183. The Kier molecular flexibility index (Phi) is 10.1. The molecule has 1 amide bonds. The predicted molar refractivity (Wildman–Crippen MR) is 158 cm³/mol.